The normalized spacial score (nSPS) is 11.9. The summed E-state index contributed by atoms with van der Waals surface area (Å²) in [6, 6.07) is 12.4. The van der Waals surface area contributed by atoms with Crippen LogP contribution in [-0.2, 0) is 32.5 Å². The Labute approximate surface area is 262 Å². The topological polar surface area (TPSA) is 105 Å². The Kier molecular flexibility index (Phi) is 17.7. The maximum Gasteiger partial charge on any atom is 0.504 e. The number of hydrogen-bond donors (Lipinski definition) is 0. The minimum atomic E-state index is -4.54. The Hall–Kier alpha value is -2.28. The molecule has 0 aromatic heterocycles. The van der Waals surface area contributed by atoms with Crippen molar-refractivity contribution in [3.63, 3.8) is 0 Å². The second kappa shape index (κ2) is 20.6. The molecular formula is C35H54N2O4S2. The molecule has 0 N–H and O–H groups in total. The SMILES string of the molecule is CCCCCCCCCCCc1ccc(S(=O)(=O)C(=[N+]=[N-])S(=O)(=O)c2ccc(CCCCCCCCCCC)cc2)cc1. The van der Waals surface area contributed by atoms with Crippen molar-refractivity contribution in [2.45, 2.75) is 152 Å². The van der Waals surface area contributed by atoms with Crippen molar-refractivity contribution in [2.24, 2.45) is 0 Å². The largest absolute Gasteiger partial charge is 0.504 e. The van der Waals surface area contributed by atoms with Gasteiger partial charge in [-0.05, 0) is 61.1 Å². The molecule has 0 heterocycles. The summed E-state index contributed by atoms with van der Waals surface area (Å²) in [5.74, 6) is 0. The summed E-state index contributed by atoms with van der Waals surface area (Å²) in [6.07, 6.45) is 23.9. The first-order chi connectivity index (χ1) is 20.8. The number of benzene rings is 2. The lowest BCUT2D eigenvalue weighted by Crippen LogP contribution is -2.26. The van der Waals surface area contributed by atoms with E-state index in [1.54, 1.807) is 24.3 Å². The van der Waals surface area contributed by atoms with Crippen LogP contribution in [0.1, 0.15) is 141 Å². The van der Waals surface area contributed by atoms with E-state index in [4.69, 9.17) is 0 Å². The summed E-state index contributed by atoms with van der Waals surface area (Å²) in [4.78, 5) is 2.36. The average Bonchev–Trinajstić information content (AvgIpc) is 3.00. The Balaban J connectivity index is 1.87. The Morgan fingerprint density at radius 2 is 0.767 bits per heavy atom. The molecule has 43 heavy (non-hydrogen) atoms. The first-order valence-corrected chi connectivity index (χ1v) is 19.6. The molecule has 0 radical (unpaired) electrons. The van der Waals surface area contributed by atoms with Crippen molar-refractivity contribution in [2.75, 3.05) is 0 Å². The fourth-order valence-electron chi connectivity index (χ4n) is 5.40. The molecule has 240 valence electrons. The zero-order chi connectivity index (χ0) is 31.4. The first-order valence-electron chi connectivity index (χ1n) is 16.7. The number of aryl methyl sites for hydroxylation is 2. The van der Waals surface area contributed by atoms with Crippen LogP contribution in [0.3, 0.4) is 0 Å². The molecule has 0 aliphatic carbocycles. The molecular weight excluding hydrogens is 577 g/mol. The molecule has 0 amide bonds. The highest BCUT2D eigenvalue weighted by molar-refractivity contribution is 8.31. The maximum absolute atomic E-state index is 13.2. The van der Waals surface area contributed by atoms with Gasteiger partial charge in [-0.3, -0.25) is 0 Å². The molecule has 2 aromatic carbocycles. The minimum absolute atomic E-state index is 0.207. The predicted molar refractivity (Wildman–Crippen MR) is 178 cm³/mol. The highest BCUT2D eigenvalue weighted by Crippen LogP contribution is 2.23. The van der Waals surface area contributed by atoms with E-state index in [1.807, 2.05) is 0 Å². The number of unbranched alkanes of at least 4 members (excludes halogenated alkanes) is 16. The van der Waals surface area contributed by atoms with Crippen LogP contribution >= 0.6 is 0 Å². The second-order valence-electron chi connectivity index (χ2n) is 11.8. The molecule has 0 spiro atoms. The second-order valence-corrected chi connectivity index (χ2v) is 15.8. The van der Waals surface area contributed by atoms with E-state index in [0.29, 0.717) is 0 Å². The van der Waals surface area contributed by atoms with E-state index in [0.717, 1.165) is 49.7 Å². The average molecular weight is 631 g/mol. The molecule has 0 unspecified atom stereocenters. The van der Waals surface area contributed by atoms with Crippen LogP contribution in [0.25, 0.3) is 5.53 Å². The van der Waals surface area contributed by atoms with Crippen LogP contribution in [0.15, 0.2) is 58.3 Å². The van der Waals surface area contributed by atoms with Gasteiger partial charge in [0.1, 0.15) is 0 Å². The van der Waals surface area contributed by atoms with Gasteiger partial charge in [0.2, 0.25) is 0 Å². The molecule has 2 aromatic rings. The number of sulfone groups is 2. The smallest absolute Gasteiger partial charge is 0.359 e. The summed E-state index contributed by atoms with van der Waals surface area (Å²) in [5.41, 5.74) is 11.5. The maximum atomic E-state index is 13.2. The third kappa shape index (κ3) is 13.1. The van der Waals surface area contributed by atoms with Crippen LogP contribution in [0.4, 0.5) is 0 Å². The first kappa shape index (κ1) is 36.9. The van der Waals surface area contributed by atoms with Gasteiger partial charge in [-0.2, -0.15) is 0 Å². The van der Waals surface area contributed by atoms with Crippen LogP contribution in [-0.4, -0.2) is 26.0 Å². The highest BCUT2D eigenvalue weighted by atomic mass is 32.3. The van der Waals surface area contributed by atoms with Crippen LogP contribution in [0.5, 0.6) is 0 Å². The molecule has 0 fully saturated rings. The molecule has 8 heteroatoms. The molecule has 0 saturated carbocycles. The third-order valence-corrected chi connectivity index (χ3v) is 12.3. The molecule has 0 aliphatic rings. The van der Waals surface area contributed by atoms with Crippen LogP contribution < -0.4 is 0 Å². The van der Waals surface area contributed by atoms with Gasteiger partial charge in [-0.1, -0.05) is 141 Å². The standard InChI is InChI=1S/C35H54N2O4S2/c1-3-5-7-9-11-13-15-17-19-21-31-23-27-33(28-24-31)42(38,39)35(37-36)43(40,41)34-29-25-32(26-30-34)22-20-18-16-14-12-10-8-6-4-2/h23-30H,3-22H2,1-2H3. The van der Waals surface area contributed by atoms with Gasteiger partial charge in [-0.15, -0.1) is 4.79 Å². The quantitative estimate of drug-likeness (QED) is 0.0424. The van der Waals surface area contributed by atoms with Crippen molar-refractivity contribution >= 4 is 24.1 Å². The summed E-state index contributed by atoms with van der Waals surface area (Å²) in [7, 11) is -9.09. The number of rotatable bonds is 22. The van der Waals surface area contributed by atoms with Gasteiger partial charge in [0.05, 0.1) is 9.79 Å². The Morgan fingerprint density at radius 1 is 0.488 bits per heavy atom. The Bertz CT molecular complexity index is 1220. The third-order valence-electron chi connectivity index (χ3n) is 8.15. The fraction of sp³-hybridized carbons (Fsp3) is 0.629. The van der Waals surface area contributed by atoms with E-state index in [-0.39, 0.29) is 9.79 Å². The van der Waals surface area contributed by atoms with E-state index >= 15 is 0 Å². The zero-order valence-corrected chi connectivity index (χ0v) is 28.2. The van der Waals surface area contributed by atoms with Gasteiger partial charge in [-0.25, -0.2) is 16.8 Å². The lowest BCUT2D eigenvalue weighted by molar-refractivity contribution is 0.00380. The van der Waals surface area contributed by atoms with Gasteiger partial charge in [0.25, 0.3) is 19.7 Å². The number of hydrogen-bond acceptors (Lipinski definition) is 4. The van der Waals surface area contributed by atoms with Crippen molar-refractivity contribution in [3.8, 4) is 0 Å². The molecule has 2 rings (SSSR count). The minimum Gasteiger partial charge on any atom is -0.359 e. The van der Waals surface area contributed by atoms with Crippen molar-refractivity contribution in [1.29, 1.82) is 0 Å². The monoisotopic (exact) mass is 630 g/mol. The summed E-state index contributed by atoms with van der Waals surface area (Å²) in [6.45, 7) is 4.45. The zero-order valence-electron chi connectivity index (χ0n) is 26.6. The van der Waals surface area contributed by atoms with E-state index in [2.05, 4.69) is 18.6 Å². The van der Waals surface area contributed by atoms with E-state index in [1.165, 1.54) is 114 Å². The van der Waals surface area contributed by atoms with Gasteiger partial charge in [0.15, 0.2) is 0 Å². The lowest BCUT2D eigenvalue weighted by atomic mass is 10.0. The molecule has 6 nitrogen and oxygen atoms in total. The molecule has 0 aliphatic heterocycles. The van der Waals surface area contributed by atoms with Crippen molar-refractivity contribution < 1.29 is 21.6 Å². The van der Waals surface area contributed by atoms with Gasteiger partial charge in [0, 0.05) is 0 Å². The Morgan fingerprint density at radius 3 is 1.05 bits per heavy atom. The summed E-state index contributed by atoms with van der Waals surface area (Å²) < 4.78 is 51.6. The molecule has 0 saturated heterocycles. The van der Waals surface area contributed by atoms with Crippen LogP contribution in [0.2, 0.25) is 0 Å². The van der Waals surface area contributed by atoms with E-state index in [9.17, 15) is 22.4 Å². The molecule has 0 atom stereocenters. The summed E-state index contributed by atoms with van der Waals surface area (Å²) >= 11 is 0. The van der Waals surface area contributed by atoms with Crippen molar-refractivity contribution in [3.05, 3.63) is 65.2 Å². The summed E-state index contributed by atoms with van der Waals surface area (Å²) in [5, 5.41) is 0. The van der Waals surface area contributed by atoms with E-state index < -0.39 is 24.1 Å². The highest BCUT2D eigenvalue weighted by Gasteiger charge is 2.43. The fourth-order valence-corrected chi connectivity index (χ4v) is 8.74. The van der Waals surface area contributed by atoms with Gasteiger partial charge < -0.3 is 5.53 Å². The van der Waals surface area contributed by atoms with Crippen LogP contribution in [0, 0.1) is 0 Å². The van der Waals surface area contributed by atoms with Crippen molar-refractivity contribution in [1.82, 2.24) is 0 Å². The number of nitrogens with zero attached hydrogens (tertiary/aromatic N) is 2. The predicted octanol–water partition coefficient (Wildman–Crippen LogP) is 9.67. The lowest BCUT2D eigenvalue weighted by Gasteiger charge is -2.06. The van der Waals surface area contributed by atoms with Gasteiger partial charge >= 0.3 is 4.38 Å². The molecule has 0 bridgehead atoms.